The molecular weight excluding hydrogens is 272 g/mol. The van der Waals surface area contributed by atoms with Crippen molar-refractivity contribution in [2.24, 2.45) is 0 Å². The van der Waals surface area contributed by atoms with Crippen LogP contribution in [0.15, 0.2) is 16.8 Å². The Morgan fingerprint density at radius 1 is 1.35 bits per heavy atom. The first kappa shape index (κ1) is 12.7. The summed E-state index contributed by atoms with van der Waals surface area (Å²) in [7, 11) is 0. The molecule has 1 saturated carbocycles. The van der Waals surface area contributed by atoms with Crippen LogP contribution in [0.25, 0.3) is 6.08 Å². The van der Waals surface area contributed by atoms with Gasteiger partial charge in [0, 0.05) is 17.8 Å². The fourth-order valence-corrected chi connectivity index (χ4v) is 2.32. The molecule has 1 aromatic heterocycles. The number of aromatic nitrogens is 1. The average Bonchev–Trinajstić information content (AvgIpc) is 3.21. The van der Waals surface area contributed by atoms with E-state index in [0.29, 0.717) is 18.9 Å². The zero-order chi connectivity index (χ0) is 14.6. The van der Waals surface area contributed by atoms with Crippen LogP contribution in [0, 0.1) is 0 Å². The van der Waals surface area contributed by atoms with Gasteiger partial charge in [-0.2, -0.15) is 0 Å². The van der Waals surface area contributed by atoms with Crippen molar-refractivity contribution < 1.29 is 23.5 Å². The lowest BCUT2D eigenvalue weighted by Gasteiger charge is -2.21. The van der Waals surface area contributed by atoms with Gasteiger partial charge >= 0.3 is 5.97 Å². The van der Waals surface area contributed by atoms with E-state index >= 15 is 0 Å². The molecule has 0 spiro atoms. The van der Waals surface area contributed by atoms with E-state index in [4.69, 9.17) is 5.11 Å². The van der Waals surface area contributed by atoms with Gasteiger partial charge in [-0.1, -0.05) is 0 Å². The smallest absolute Gasteiger partial charge is 0.341 e. The number of carbonyl (C=O) groups is 2. The number of carboxylic acid groups (broad SMARTS) is 1. The van der Waals surface area contributed by atoms with E-state index in [9.17, 15) is 23.2 Å². The van der Waals surface area contributed by atoms with E-state index in [2.05, 4.69) is 0 Å². The Morgan fingerprint density at radius 3 is 2.55 bits per heavy atom. The molecule has 104 valence electrons. The summed E-state index contributed by atoms with van der Waals surface area (Å²) in [6, 6.07) is -0.150. The maximum absolute atomic E-state index is 14.0. The van der Waals surface area contributed by atoms with E-state index in [1.165, 1.54) is 4.57 Å². The molecule has 1 fully saturated rings. The van der Waals surface area contributed by atoms with Crippen molar-refractivity contribution in [2.75, 3.05) is 0 Å². The standard InChI is InChI=1S/C13H9F2NO4/c14-8-3-6-10(9(15)12(8)18)16(5-1-2-5)4-7(11(6)17)13(19)20/h3-5,9H,1-2H2,(H,19,20). The normalized spacial score (nSPS) is 21.4. The molecule has 20 heavy (non-hydrogen) atoms. The number of hydrogen-bond acceptors (Lipinski definition) is 3. The van der Waals surface area contributed by atoms with Crippen LogP contribution >= 0.6 is 0 Å². The lowest BCUT2D eigenvalue weighted by Crippen LogP contribution is -2.29. The minimum atomic E-state index is -2.27. The first-order valence-electron chi connectivity index (χ1n) is 5.99. The number of aromatic carboxylic acids is 1. The van der Waals surface area contributed by atoms with Gasteiger partial charge in [0.25, 0.3) is 0 Å². The third-order valence-electron chi connectivity index (χ3n) is 3.46. The Bertz CT molecular complexity index is 731. The van der Waals surface area contributed by atoms with E-state index < -0.39 is 34.7 Å². The molecule has 1 aromatic rings. The van der Waals surface area contributed by atoms with Gasteiger partial charge in [-0.25, -0.2) is 13.6 Å². The summed E-state index contributed by atoms with van der Waals surface area (Å²) < 4.78 is 28.7. The van der Waals surface area contributed by atoms with Crippen LogP contribution in [-0.4, -0.2) is 21.4 Å². The Hall–Kier alpha value is -2.31. The number of pyridine rings is 1. The summed E-state index contributed by atoms with van der Waals surface area (Å²) in [5.41, 5.74) is -2.16. The number of rotatable bonds is 2. The van der Waals surface area contributed by atoms with Crippen LogP contribution in [0.3, 0.4) is 0 Å². The molecule has 0 bridgehead atoms. The van der Waals surface area contributed by atoms with Gasteiger partial charge < -0.3 is 9.67 Å². The topological polar surface area (TPSA) is 76.4 Å². The van der Waals surface area contributed by atoms with Crippen molar-refractivity contribution >= 4 is 17.8 Å². The molecule has 0 radical (unpaired) electrons. The largest absolute Gasteiger partial charge is 0.477 e. The average molecular weight is 281 g/mol. The van der Waals surface area contributed by atoms with E-state index in [0.717, 1.165) is 6.20 Å². The molecular formula is C13H9F2NO4. The summed E-state index contributed by atoms with van der Waals surface area (Å²) >= 11 is 0. The lowest BCUT2D eigenvalue weighted by atomic mass is 9.96. The molecule has 1 unspecified atom stereocenters. The second kappa shape index (κ2) is 4.09. The van der Waals surface area contributed by atoms with Crippen LogP contribution in [0.5, 0.6) is 0 Å². The predicted molar refractivity (Wildman–Crippen MR) is 63.9 cm³/mol. The third kappa shape index (κ3) is 1.70. The molecule has 2 aliphatic rings. The fourth-order valence-electron chi connectivity index (χ4n) is 2.32. The Labute approximate surface area is 111 Å². The molecule has 7 heteroatoms. The van der Waals surface area contributed by atoms with Crippen LogP contribution in [-0.2, 0) is 4.79 Å². The molecule has 0 aliphatic heterocycles. The van der Waals surface area contributed by atoms with Crippen molar-refractivity contribution in [3.8, 4) is 0 Å². The van der Waals surface area contributed by atoms with Crippen molar-refractivity contribution in [3.63, 3.8) is 0 Å². The zero-order valence-electron chi connectivity index (χ0n) is 10.1. The number of fused-ring (bicyclic) bond motifs is 1. The summed E-state index contributed by atoms with van der Waals surface area (Å²) in [5.74, 6) is -4.17. The fraction of sp³-hybridized carbons (Fsp3) is 0.308. The maximum Gasteiger partial charge on any atom is 0.341 e. The monoisotopic (exact) mass is 281 g/mol. The SMILES string of the molecule is O=C(O)c1cn(C2CC2)c2c(c1=O)C=C(F)C(=O)C2F. The molecule has 2 aliphatic carbocycles. The maximum atomic E-state index is 14.0. The minimum absolute atomic E-state index is 0.150. The van der Waals surface area contributed by atoms with Crippen molar-refractivity contribution in [1.29, 1.82) is 0 Å². The quantitative estimate of drug-likeness (QED) is 0.896. The molecule has 1 N–H and O–H groups in total. The number of nitrogens with zero attached hydrogens (tertiary/aromatic N) is 1. The summed E-state index contributed by atoms with van der Waals surface area (Å²) in [4.78, 5) is 34.4. The number of allylic oxidation sites excluding steroid dienone is 1. The van der Waals surface area contributed by atoms with E-state index in [-0.39, 0.29) is 17.3 Å². The van der Waals surface area contributed by atoms with Crippen molar-refractivity contribution in [3.05, 3.63) is 39.1 Å². The van der Waals surface area contributed by atoms with Gasteiger partial charge in [-0.05, 0) is 18.9 Å². The number of alkyl halides is 1. The van der Waals surface area contributed by atoms with Gasteiger partial charge in [-0.3, -0.25) is 9.59 Å². The summed E-state index contributed by atoms with van der Waals surface area (Å²) in [6.07, 6.45) is 0.786. The van der Waals surface area contributed by atoms with Crippen LogP contribution in [0.4, 0.5) is 8.78 Å². The highest BCUT2D eigenvalue weighted by atomic mass is 19.1. The second-order valence-electron chi connectivity index (χ2n) is 4.83. The van der Waals surface area contributed by atoms with Crippen LogP contribution < -0.4 is 5.43 Å². The van der Waals surface area contributed by atoms with Crippen molar-refractivity contribution in [1.82, 2.24) is 4.57 Å². The minimum Gasteiger partial charge on any atom is -0.477 e. The van der Waals surface area contributed by atoms with Gasteiger partial charge in [0.2, 0.25) is 17.4 Å². The Balaban J connectivity index is 2.37. The highest BCUT2D eigenvalue weighted by Crippen LogP contribution is 2.40. The van der Waals surface area contributed by atoms with E-state index in [1.54, 1.807) is 0 Å². The van der Waals surface area contributed by atoms with Crippen molar-refractivity contribution in [2.45, 2.75) is 25.1 Å². The molecule has 5 nitrogen and oxygen atoms in total. The first-order valence-corrected chi connectivity index (χ1v) is 5.99. The number of carbonyl (C=O) groups excluding carboxylic acids is 1. The number of ketones is 1. The van der Waals surface area contributed by atoms with Crippen LogP contribution in [0.1, 0.15) is 46.7 Å². The molecule has 0 amide bonds. The highest BCUT2D eigenvalue weighted by molar-refractivity contribution is 6.04. The van der Waals surface area contributed by atoms with Crippen LogP contribution in [0.2, 0.25) is 0 Å². The first-order chi connectivity index (χ1) is 9.41. The third-order valence-corrected chi connectivity index (χ3v) is 3.46. The molecule has 1 heterocycles. The van der Waals surface area contributed by atoms with E-state index in [1.807, 2.05) is 0 Å². The molecule has 3 rings (SSSR count). The van der Waals surface area contributed by atoms with Gasteiger partial charge in [0.05, 0.1) is 5.69 Å². The molecule has 0 aromatic carbocycles. The number of halogens is 2. The lowest BCUT2D eigenvalue weighted by molar-refractivity contribution is -0.122. The Kier molecular flexibility index (Phi) is 2.60. The number of hydrogen-bond donors (Lipinski definition) is 1. The molecule has 0 saturated heterocycles. The van der Waals surface area contributed by atoms with Gasteiger partial charge in [-0.15, -0.1) is 0 Å². The molecule has 1 atom stereocenters. The predicted octanol–water partition coefficient (Wildman–Crippen LogP) is 1.79. The van der Waals surface area contributed by atoms with Gasteiger partial charge in [0.1, 0.15) is 5.56 Å². The van der Waals surface area contributed by atoms with Gasteiger partial charge in [0.15, 0.2) is 5.83 Å². The summed E-state index contributed by atoms with van der Waals surface area (Å²) in [5, 5.41) is 8.99. The number of carboxylic acids is 1. The second-order valence-corrected chi connectivity index (χ2v) is 4.83. The summed E-state index contributed by atoms with van der Waals surface area (Å²) in [6.45, 7) is 0. The zero-order valence-corrected chi connectivity index (χ0v) is 10.1. The number of Topliss-reactive ketones (excluding diaryl/α,β-unsaturated/α-hetero) is 1. The Morgan fingerprint density at radius 2 is 2.00 bits per heavy atom. The highest BCUT2D eigenvalue weighted by Gasteiger charge is 2.38.